The smallest absolute Gasteiger partial charge is 0.475 e. The Bertz CT molecular complexity index is 410. The molecule has 0 aliphatic carbocycles. The number of benzene rings is 1. The van der Waals surface area contributed by atoms with Crippen molar-refractivity contribution in [3.63, 3.8) is 0 Å². The molecular formula is C9H7F3N2O2. The Balaban J connectivity index is 0.000000293. The highest BCUT2D eigenvalue weighted by Gasteiger charge is 2.38. The summed E-state index contributed by atoms with van der Waals surface area (Å²) >= 11 is 0. The molecule has 1 aromatic carbocycles. The van der Waals surface area contributed by atoms with Gasteiger partial charge in [0.15, 0.2) is 0 Å². The van der Waals surface area contributed by atoms with Crippen LogP contribution >= 0.6 is 0 Å². The van der Waals surface area contributed by atoms with E-state index in [2.05, 4.69) is 0 Å². The van der Waals surface area contributed by atoms with Crippen molar-refractivity contribution >= 4 is 11.7 Å². The molecule has 0 bridgehead atoms. The quantitative estimate of drug-likeness (QED) is 0.667. The molecule has 0 aromatic heterocycles. The van der Waals surface area contributed by atoms with Gasteiger partial charge in [0.1, 0.15) is 0 Å². The van der Waals surface area contributed by atoms with Crippen molar-refractivity contribution in [1.82, 2.24) is 0 Å². The van der Waals surface area contributed by atoms with Crippen LogP contribution in [0.5, 0.6) is 0 Å². The molecule has 0 spiro atoms. The van der Waals surface area contributed by atoms with E-state index in [-0.39, 0.29) is 0 Å². The van der Waals surface area contributed by atoms with Gasteiger partial charge in [-0.25, -0.2) is 4.79 Å². The fourth-order valence-corrected chi connectivity index (χ4v) is 0.608. The van der Waals surface area contributed by atoms with Crippen LogP contribution in [0.3, 0.4) is 0 Å². The summed E-state index contributed by atoms with van der Waals surface area (Å²) in [6, 6.07) is 8.85. The second-order valence-corrected chi connectivity index (χ2v) is 2.54. The zero-order chi connectivity index (χ0) is 12.8. The van der Waals surface area contributed by atoms with E-state index in [1.54, 1.807) is 24.3 Å². The molecular weight excluding hydrogens is 225 g/mol. The maximum absolute atomic E-state index is 10.6. The molecule has 0 saturated carbocycles. The van der Waals surface area contributed by atoms with E-state index in [0.717, 1.165) is 0 Å². The van der Waals surface area contributed by atoms with Crippen molar-refractivity contribution in [1.29, 1.82) is 5.26 Å². The fraction of sp³-hybridized carbons (Fsp3) is 0.111. The van der Waals surface area contributed by atoms with Gasteiger partial charge in [-0.2, -0.15) is 18.4 Å². The minimum Gasteiger partial charge on any atom is -0.475 e. The third kappa shape index (κ3) is 5.49. The van der Waals surface area contributed by atoms with Crippen LogP contribution < -0.4 is 5.73 Å². The number of rotatable bonds is 0. The van der Waals surface area contributed by atoms with Gasteiger partial charge in [-0.3, -0.25) is 0 Å². The molecule has 4 nitrogen and oxygen atoms in total. The van der Waals surface area contributed by atoms with E-state index < -0.39 is 12.1 Å². The summed E-state index contributed by atoms with van der Waals surface area (Å²) in [7, 11) is 0. The third-order valence-corrected chi connectivity index (χ3v) is 1.26. The largest absolute Gasteiger partial charge is 0.490 e. The van der Waals surface area contributed by atoms with Gasteiger partial charge in [0.25, 0.3) is 0 Å². The zero-order valence-corrected chi connectivity index (χ0v) is 7.82. The molecule has 0 aliphatic heterocycles. The van der Waals surface area contributed by atoms with Crippen molar-refractivity contribution < 1.29 is 23.1 Å². The van der Waals surface area contributed by atoms with Crippen LogP contribution in [0.4, 0.5) is 18.9 Å². The molecule has 1 aromatic rings. The van der Waals surface area contributed by atoms with Gasteiger partial charge >= 0.3 is 12.1 Å². The number of nitrogens with two attached hydrogens (primary N) is 1. The number of nitrogens with zero attached hydrogens (tertiary/aromatic N) is 1. The average molecular weight is 232 g/mol. The summed E-state index contributed by atoms with van der Waals surface area (Å²) < 4.78 is 31.7. The van der Waals surface area contributed by atoms with Crippen molar-refractivity contribution in [2.45, 2.75) is 6.18 Å². The molecule has 86 valence electrons. The zero-order valence-electron chi connectivity index (χ0n) is 7.82. The lowest BCUT2D eigenvalue weighted by molar-refractivity contribution is -0.192. The predicted molar refractivity (Wildman–Crippen MR) is 49.3 cm³/mol. The number of halogens is 3. The first-order valence-electron chi connectivity index (χ1n) is 3.83. The summed E-state index contributed by atoms with van der Waals surface area (Å²) in [5, 5.41) is 15.5. The molecule has 3 N–H and O–H groups in total. The van der Waals surface area contributed by atoms with Crippen molar-refractivity contribution in [2.24, 2.45) is 0 Å². The lowest BCUT2D eigenvalue weighted by atomic mass is 10.2. The number of carboxylic acid groups (broad SMARTS) is 1. The number of nitriles is 1. The third-order valence-electron chi connectivity index (χ3n) is 1.26. The van der Waals surface area contributed by atoms with Crippen LogP contribution in [-0.2, 0) is 4.79 Å². The summed E-state index contributed by atoms with van der Waals surface area (Å²) in [6.45, 7) is 0. The normalized spacial score (nSPS) is 9.62. The molecule has 0 fully saturated rings. The Morgan fingerprint density at radius 2 is 1.94 bits per heavy atom. The topological polar surface area (TPSA) is 87.1 Å². The minimum absolute atomic E-state index is 0.606. The highest BCUT2D eigenvalue weighted by Crippen LogP contribution is 2.13. The number of alkyl halides is 3. The van der Waals surface area contributed by atoms with Crippen LogP contribution in [-0.4, -0.2) is 17.3 Å². The molecule has 0 amide bonds. The molecule has 0 radical (unpaired) electrons. The Hall–Kier alpha value is -2.23. The molecule has 1 rings (SSSR count). The maximum Gasteiger partial charge on any atom is 0.490 e. The Morgan fingerprint density at radius 1 is 1.44 bits per heavy atom. The number of aliphatic carboxylic acids is 1. The number of hydrogen-bond acceptors (Lipinski definition) is 3. The first-order valence-corrected chi connectivity index (χ1v) is 3.83. The monoisotopic (exact) mass is 232 g/mol. The van der Waals surface area contributed by atoms with Gasteiger partial charge in [-0.05, 0) is 18.2 Å². The number of carbonyl (C=O) groups is 1. The van der Waals surface area contributed by atoms with Gasteiger partial charge < -0.3 is 10.8 Å². The molecule has 0 unspecified atom stereocenters. The van der Waals surface area contributed by atoms with Gasteiger partial charge in [0.05, 0.1) is 11.6 Å². The van der Waals surface area contributed by atoms with Gasteiger partial charge in [-0.1, -0.05) is 6.07 Å². The van der Waals surface area contributed by atoms with E-state index in [9.17, 15) is 13.2 Å². The van der Waals surface area contributed by atoms with Crippen molar-refractivity contribution in [3.8, 4) is 6.07 Å². The van der Waals surface area contributed by atoms with E-state index in [1.165, 1.54) is 0 Å². The molecule has 0 atom stereocenters. The second kappa shape index (κ2) is 5.60. The SMILES string of the molecule is N#Cc1cccc(N)c1.O=C(O)C(F)(F)F. The molecule has 0 saturated heterocycles. The molecule has 7 heteroatoms. The van der Waals surface area contributed by atoms with E-state index in [4.69, 9.17) is 20.9 Å². The van der Waals surface area contributed by atoms with E-state index in [1.807, 2.05) is 6.07 Å². The standard InChI is InChI=1S/C7H6N2.C2HF3O2/c8-5-6-2-1-3-7(9)4-6;3-2(4,5)1(6)7/h1-4H,9H2;(H,6,7). The molecule has 0 aliphatic rings. The molecule has 16 heavy (non-hydrogen) atoms. The second-order valence-electron chi connectivity index (χ2n) is 2.54. The lowest BCUT2D eigenvalue weighted by Crippen LogP contribution is -2.21. The summed E-state index contributed by atoms with van der Waals surface area (Å²) in [5.41, 5.74) is 6.62. The minimum atomic E-state index is -5.08. The lowest BCUT2D eigenvalue weighted by Gasteiger charge is -1.93. The first kappa shape index (κ1) is 13.8. The molecule has 0 heterocycles. The van der Waals surface area contributed by atoms with Crippen LogP contribution in [0.1, 0.15) is 5.56 Å². The Kier molecular flexibility index (Phi) is 4.82. The maximum atomic E-state index is 10.6. The number of anilines is 1. The van der Waals surface area contributed by atoms with Crippen LogP contribution in [0.25, 0.3) is 0 Å². The summed E-state index contributed by atoms with van der Waals surface area (Å²) in [6.07, 6.45) is -5.08. The van der Waals surface area contributed by atoms with Crippen LogP contribution in [0.15, 0.2) is 24.3 Å². The highest BCUT2D eigenvalue weighted by atomic mass is 19.4. The number of nitrogen functional groups attached to an aromatic ring is 1. The number of hydrogen-bond donors (Lipinski definition) is 2. The highest BCUT2D eigenvalue weighted by molar-refractivity contribution is 5.73. The van der Waals surface area contributed by atoms with Crippen molar-refractivity contribution in [2.75, 3.05) is 5.73 Å². The Labute approximate surface area is 88.7 Å². The van der Waals surface area contributed by atoms with Crippen molar-refractivity contribution in [3.05, 3.63) is 29.8 Å². The van der Waals surface area contributed by atoms with E-state index >= 15 is 0 Å². The van der Waals surface area contributed by atoms with Gasteiger partial charge in [0.2, 0.25) is 0 Å². The first-order chi connectivity index (χ1) is 7.27. The van der Waals surface area contributed by atoms with Crippen LogP contribution in [0, 0.1) is 11.3 Å². The summed E-state index contributed by atoms with van der Waals surface area (Å²) in [5.74, 6) is -2.76. The summed E-state index contributed by atoms with van der Waals surface area (Å²) in [4.78, 5) is 8.90. The van der Waals surface area contributed by atoms with Crippen LogP contribution in [0.2, 0.25) is 0 Å². The number of carboxylic acids is 1. The fourth-order valence-electron chi connectivity index (χ4n) is 0.608. The average Bonchev–Trinajstić information content (AvgIpc) is 2.17. The van der Waals surface area contributed by atoms with Gasteiger partial charge in [-0.15, -0.1) is 0 Å². The van der Waals surface area contributed by atoms with E-state index in [0.29, 0.717) is 11.3 Å². The predicted octanol–water partition coefficient (Wildman–Crippen LogP) is 1.77. The van der Waals surface area contributed by atoms with Gasteiger partial charge in [0, 0.05) is 5.69 Å². The Morgan fingerprint density at radius 3 is 2.19 bits per heavy atom.